The Balaban J connectivity index is 1.45. The zero-order chi connectivity index (χ0) is 23.2. The largest absolute Gasteiger partial charge is 0.352 e. The Labute approximate surface area is 197 Å². The fourth-order valence-corrected chi connectivity index (χ4v) is 4.57. The highest BCUT2D eigenvalue weighted by atomic mass is 32.2. The van der Waals surface area contributed by atoms with Crippen LogP contribution in [0.3, 0.4) is 0 Å². The topological polar surface area (TPSA) is 113 Å². The molecule has 1 saturated carbocycles. The van der Waals surface area contributed by atoms with E-state index in [0.717, 1.165) is 37.8 Å². The van der Waals surface area contributed by atoms with E-state index in [1.165, 1.54) is 16.7 Å². The summed E-state index contributed by atoms with van der Waals surface area (Å²) in [5, 5.41) is 12.1. The molecule has 0 radical (unpaired) electrons. The number of likely N-dealkylation sites (tertiary alicyclic amines) is 1. The predicted molar refractivity (Wildman–Crippen MR) is 123 cm³/mol. The standard InChI is InChI=1S/C22H29N7O3S/c1-27(14-19(30)24-16-8-9-16)21(32)15-33-22-26-25-18(29(22)17-6-5-10-23-12-17)13-28-11-4-2-3-7-20(28)31/h5-6,10,12,16H,2-4,7-9,11,13-15H2,1H3,(H,24,30). The highest BCUT2D eigenvalue weighted by Gasteiger charge is 2.25. The summed E-state index contributed by atoms with van der Waals surface area (Å²) in [6.07, 6.45) is 8.90. The first-order chi connectivity index (χ1) is 16.0. The molecule has 11 heteroatoms. The van der Waals surface area contributed by atoms with Crippen molar-refractivity contribution in [1.82, 2.24) is 34.9 Å². The lowest BCUT2D eigenvalue weighted by molar-refractivity contribution is -0.132. The van der Waals surface area contributed by atoms with Crippen LogP contribution in [0.15, 0.2) is 29.7 Å². The molecule has 0 spiro atoms. The molecule has 2 aliphatic rings. The monoisotopic (exact) mass is 471 g/mol. The summed E-state index contributed by atoms with van der Waals surface area (Å²) in [5.41, 5.74) is 0.770. The van der Waals surface area contributed by atoms with Crippen molar-refractivity contribution in [3.8, 4) is 5.69 Å². The molecule has 33 heavy (non-hydrogen) atoms. The first kappa shape index (κ1) is 23.2. The number of rotatable bonds is 9. The van der Waals surface area contributed by atoms with Gasteiger partial charge in [-0.2, -0.15) is 0 Å². The lowest BCUT2D eigenvalue weighted by atomic mass is 10.2. The molecule has 1 aliphatic heterocycles. The number of thioether (sulfide) groups is 1. The van der Waals surface area contributed by atoms with E-state index in [2.05, 4.69) is 20.5 Å². The Morgan fingerprint density at radius 1 is 1.24 bits per heavy atom. The lowest BCUT2D eigenvalue weighted by Crippen LogP contribution is -2.39. The molecule has 2 aromatic rings. The van der Waals surface area contributed by atoms with Gasteiger partial charge in [-0.3, -0.25) is 23.9 Å². The van der Waals surface area contributed by atoms with Gasteiger partial charge in [-0.15, -0.1) is 10.2 Å². The van der Waals surface area contributed by atoms with Crippen molar-refractivity contribution in [2.24, 2.45) is 0 Å². The Morgan fingerprint density at radius 2 is 2.09 bits per heavy atom. The average Bonchev–Trinajstić information content (AvgIpc) is 3.56. The molecule has 1 aliphatic carbocycles. The van der Waals surface area contributed by atoms with E-state index >= 15 is 0 Å². The number of aromatic nitrogens is 4. The second-order valence-electron chi connectivity index (χ2n) is 8.45. The van der Waals surface area contributed by atoms with Crippen LogP contribution in [0, 0.1) is 0 Å². The van der Waals surface area contributed by atoms with E-state index in [0.29, 0.717) is 30.5 Å². The molecular formula is C22H29N7O3S. The highest BCUT2D eigenvalue weighted by molar-refractivity contribution is 7.99. The van der Waals surface area contributed by atoms with Crippen molar-refractivity contribution in [1.29, 1.82) is 0 Å². The van der Waals surface area contributed by atoms with Gasteiger partial charge in [0.2, 0.25) is 17.7 Å². The summed E-state index contributed by atoms with van der Waals surface area (Å²) >= 11 is 1.25. The molecule has 3 amide bonds. The van der Waals surface area contributed by atoms with E-state index in [-0.39, 0.29) is 36.1 Å². The van der Waals surface area contributed by atoms with Crippen LogP contribution in [0.1, 0.15) is 44.3 Å². The zero-order valence-electron chi connectivity index (χ0n) is 18.8. The number of hydrogen-bond acceptors (Lipinski definition) is 7. The summed E-state index contributed by atoms with van der Waals surface area (Å²) in [6, 6.07) is 3.98. The summed E-state index contributed by atoms with van der Waals surface area (Å²) in [4.78, 5) is 44.5. The van der Waals surface area contributed by atoms with Crippen LogP contribution >= 0.6 is 11.8 Å². The SMILES string of the molecule is CN(CC(=O)NC1CC1)C(=O)CSc1nnc(CN2CCCCCC2=O)n1-c1cccnc1. The Morgan fingerprint density at radius 3 is 2.85 bits per heavy atom. The predicted octanol–water partition coefficient (Wildman–Crippen LogP) is 1.39. The highest BCUT2D eigenvalue weighted by Crippen LogP contribution is 2.24. The maximum absolute atomic E-state index is 12.6. The normalized spacial score (nSPS) is 16.4. The van der Waals surface area contributed by atoms with Gasteiger partial charge in [0.05, 0.1) is 30.7 Å². The van der Waals surface area contributed by atoms with Gasteiger partial charge in [0.15, 0.2) is 11.0 Å². The van der Waals surface area contributed by atoms with Crippen LogP contribution in [-0.4, -0.2) is 79.2 Å². The van der Waals surface area contributed by atoms with E-state index in [1.807, 2.05) is 21.6 Å². The quantitative estimate of drug-likeness (QED) is 0.550. The molecule has 4 rings (SSSR count). The minimum Gasteiger partial charge on any atom is -0.352 e. The summed E-state index contributed by atoms with van der Waals surface area (Å²) in [5.74, 6) is 0.570. The van der Waals surface area contributed by atoms with Crippen molar-refractivity contribution in [3.05, 3.63) is 30.4 Å². The second-order valence-corrected chi connectivity index (χ2v) is 9.39. The molecule has 2 fully saturated rings. The number of carbonyl (C=O) groups excluding carboxylic acids is 3. The number of nitrogens with one attached hydrogen (secondary N) is 1. The van der Waals surface area contributed by atoms with Gasteiger partial charge in [0, 0.05) is 32.3 Å². The third-order valence-corrected chi connectivity index (χ3v) is 6.60. The van der Waals surface area contributed by atoms with E-state index in [4.69, 9.17) is 0 Å². The van der Waals surface area contributed by atoms with Crippen LogP contribution in [0.25, 0.3) is 5.69 Å². The molecule has 0 atom stereocenters. The van der Waals surface area contributed by atoms with Crippen molar-refractivity contribution < 1.29 is 14.4 Å². The fraction of sp³-hybridized carbons (Fsp3) is 0.545. The first-order valence-corrected chi connectivity index (χ1v) is 12.3. The summed E-state index contributed by atoms with van der Waals surface area (Å²) < 4.78 is 1.85. The molecular weight excluding hydrogens is 442 g/mol. The molecule has 0 aromatic carbocycles. The van der Waals surface area contributed by atoms with Crippen LogP contribution in [-0.2, 0) is 20.9 Å². The molecule has 1 saturated heterocycles. The van der Waals surface area contributed by atoms with Crippen LogP contribution < -0.4 is 5.32 Å². The van der Waals surface area contributed by atoms with Gasteiger partial charge in [-0.1, -0.05) is 18.2 Å². The minimum atomic E-state index is -0.170. The fourth-order valence-electron chi connectivity index (χ4n) is 3.66. The summed E-state index contributed by atoms with van der Waals surface area (Å²) in [7, 11) is 1.62. The van der Waals surface area contributed by atoms with Gasteiger partial charge >= 0.3 is 0 Å². The molecule has 0 unspecified atom stereocenters. The number of pyridine rings is 1. The van der Waals surface area contributed by atoms with Gasteiger partial charge in [0.25, 0.3) is 0 Å². The third kappa shape index (κ3) is 6.31. The van der Waals surface area contributed by atoms with Crippen LogP contribution in [0.4, 0.5) is 0 Å². The molecule has 3 heterocycles. The van der Waals surface area contributed by atoms with E-state index < -0.39 is 0 Å². The van der Waals surface area contributed by atoms with Crippen molar-refractivity contribution in [3.63, 3.8) is 0 Å². The molecule has 10 nitrogen and oxygen atoms in total. The van der Waals surface area contributed by atoms with Gasteiger partial charge in [-0.05, 0) is 37.8 Å². The molecule has 2 aromatic heterocycles. The van der Waals surface area contributed by atoms with E-state index in [1.54, 1.807) is 19.4 Å². The minimum absolute atomic E-state index is 0.0352. The Hall–Kier alpha value is -2.95. The number of hydrogen-bond donors (Lipinski definition) is 1. The van der Waals surface area contributed by atoms with Crippen LogP contribution in [0.5, 0.6) is 0 Å². The Kier molecular flexibility index (Phi) is 7.58. The zero-order valence-corrected chi connectivity index (χ0v) is 19.6. The van der Waals surface area contributed by atoms with Crippen molar-refractivity contribution in [2.45, 2.75) is 56.3 Å². The summed E-state index contributed by atoms with van der Waals surface area (Å²) in [6.45, 7) is 1.09. The van der Waals surface area contributed by atoms with Gasteiger partial charge in [-0.25, -0.2) is 0 Å². The lowest BCUT2D eigenvalue weighted by Gasteiger charge is -2.20. The number of carbonyl (C=O) groups is 3. The molecule has 0 bridgehead atoms. The molecule has 1 N–H and O–H groups in total. The van der Waals surface area contributed by atoms with Crippen molar-refractivity contribution in [2.75, 3.05) is 25.9 Å². The van der Waals surface area contributed by atoms with Gasteiger partial charge in [0.1, 0.15) is 0 Å². The molecule has 176 valence electrons. The Bertz CT molecular complexity index is 993. The maximum atomic E-state index is 12.6. The van der Waals surface area contributed by atoms with Gasteiger partial charge < -0.3 is 15.1 Å². The smallest absolute Gasteiger partial charge is 0.239 e. The maximum Gasteiger partial charge on any atom is 0.239 e. The number of amides is 3. The third-order valence-electron chi connectivity index (χ3n) is 5.68. The average molecular weight is 472 g/mol. The number of likely N-dealkylation sites (N-methyl/N-ethyl adjacent to an activating group) is 1. The number of nitrogens with zero attached hydrogens (tertiary/aromatic N) is 6. The first-order valence-electron chi connectivity index (χ1n) is 11.3. The second kappa shape index (κ2) is 10.8. The van der Waals surface area contributed by atoms with Crippen molar-refractivity contribution >= 4 is 29.5 Å². The van der Waals surface area contributed by atoms with Crippen LogP contribution in [0.2, 0.25) is 0 Å². The van der Waals surface area contributed by atoms with E-state index in [9.17, 15) is 14.4 Å².